The van der Waals surface area contributed by atoms with Gasteiger partial charge in [-0.2, -0.15) is 0 Å². The Kier molecular flexibility index (Phi) is 7.98. The van der Waals surface area contributed by atoms with Gasteiger partial charge in [-0.1, -0.05) is 42.5 Å². The van der Waals surface area contributed by atoms with Gasteiger partial charge in [-0.15, -0.1) is 0 Å². The van der Waals surface area contributed by atoms with Gasteiger partial charge in [0.1, 0.15) is 5.75 Å². The molecule has 3 amide bonds. The lowest BCUT2D eigenvalue weighted by molar-refractivity contribution is 0.0947. The molecular formula is C28H32N4O3. The molecule has 2 N–H and O–H groups in total. The highest BCUT2D eigenvalue weighted by molar-refractivity contribution is 5.95. The molecule has 2 aromatic carbocycles. The van der Waals surface area contributed by atoms with Crippen LogP contribution in [0.25, 0.3) is 0 Å². The normalized spacial score (nSPS) is 13.8. The van der Waals surface area contributed by atoms with Crippen molar-refractivity contribution in [2.45, 2.75) is 38.8 Å². The number of hydrogen-bond acceptors (Lipinski definition) is 4. The maximum absolute atomic E-state index is 13.1. The lowest BCUT2D eigenvalue weighted by Gasteiger charge is -2.32. The van der Waals surface area contributed by atoms with Gasteiger partial charge in [-0.25, -0.2) is 4.79 Å². The van der Waals surface area contributed by atoms with Gasteiger partial charge in [-0.05, 0) is 55.2 Å². The van der Waals surface area contributed by atoms with Gasteiger partial charge >= 0.3 is 6.03 Å². The van der Waals surface area contributed by atoms with E-state index in [4.69, 9.17) is 9.72 Å². The Labute approximate surface area is 206 Å². The van der Waals surface area contributed by atoms with Gasteiger partial charge in [-0.3, -0.25) is 9.78 Å². The van der Waals surface area contributed by atoms with E-state index in [0.717, 1.165) is 41.1 Å². The van der Waals surface area contributed by atoms with Crippen LogP contribution in [0.5, 0.6) is 5.75 Å². The summed E-state index contributed by atoms with van der Waals surface area (Å²) in [5.74, 6) is 0.748. The number of nitrogens with one attached hydrogen (secondary N) is 2. The number of hydrogen-bond donors (Lipinski definition) is 2. The number of urea groups is 1. The Balaban J connectivity index is 1.36. The number of carbonyl (C=O) groups is 2. The second kappa shape index (κ2) is 11.5. The summed E-state index contributed by atoms with van der Waals surface area (Å²) in [5, 5.41) is 6.02. The number of benzene rings is 2. The van der Waals surface area contributed by atoms with Crippen molar-refractivity contribution in [1.29, 1.82) is 0 Å². The maximum Gasteiger partial charge on any atom is 0.317 e. The number of methoxy groups -OCH3 is 1. The van der Waals surface area contributed by atoms with Crippen molar-refractivity contribution in [3.63, 3.8) is 0 Å². The van der Waals surface area contributed by atoms with Crippen LogP contribution in [0.4, 0.5) is 4.79 Å². The lowest BCUT2D eigenvalue weighted by Crippen LogP contribution is -2.44. The van der Waals surface area contributed by atoms with Crippen LogP contribution in [0, 0.1) is 6.92 Å². The summed E-state index contributed by atoms with van der Waals surface area (Å²) in [4.78, 5) is 32.3. The van der Waals surface area contributed by atoms with Crippen LogP contribution in [0.15, 0.2) is 66.7 Å². The molecule has 4 rings (SSSR count). The van der Waals surface area contributed by atoms with Crippen molar-refractivity contribution in [3.8, 4) is 5.75 Å². The number of likely N-dealkylation sites (tertiary alicyclic amines) is 1. The molecule has 7 heteroatoms. The van der Waals surface area contributed by atoms with E-state index in [9.17, 15) is 9.59 Å². The second-order valence-corrected chi connectivity index (χ2v) is 8.83. The van der Waals surface area contributed by atoms with Crippen LogP contribution >= 0.6 is 0 Å². The fourth-order valence-electron chi connectivity index (χ4n) is 4.38. The maximum atomic E-state index is 13.1. The van der Waals surface area contributed by atoms with E-state index >= 15 is 0 Å². The van der Waals surface area contributed by atoms with E-state index in [1.165, 1.54) is 0 Å². The Bertz CT molecular complexity index is 1160. The van der Waals surface area contributed by atoms with Gasteiger partial charge < -0.3 is 20.3 Å². The Morgan fingerprint density at radius 2 is 1.66 bits per heavy atom. The molecule has 0 spiro atoms. The molecule has 0 unspecified atom stereocenters. The summed E-state index contributed by atoms with van der Waals surface area (Å²) in [5.41, 5.74) is 4.34. The molecule has 0 bridgehead atoms. The first kappa shape index (κ1) is 24.3. The second-order valence-electron chi connectivity index (χ2n) is 8.83. The first-order chi connectivity index (χ1) is 17.0. The SMILES string of the molecule is COc1cccc(CNC(=O)c2ccc(C)nc2C2CCN(C(=O)NCc3ccccc3)CC2)c1. The number of rotatable bonds is 7. The zero-order chi connectivity index (χ0) is 24.6. The molecule has 0 atom stereocenters. The van der Waals surface area contributed by atoms with Crippen LogP contribution in [0.1, 0.15) is 51.6 Å². The molecule has 35 heavy (non-hydrogen) atoms. The van der Waals surface area contributed by atoms with E-state index in [2.05, 4.69) is 10.6 Å². The Morgan fingerprint density at radius 1 is 0.943 bits per heavy atom. The zero-order valence-corrected chi connectivity index (χ0v) is 20.3. The molecule has 0 radical (unpaired) electrons. The van der Waals surface area contributed by atoms with Gasteiger partial charge in [0.05, 0.1) is 18.4 Å². The standard InChI is InChI=1S/C28H32N4O3/c1-20-11-12-25(27(33)29-19-22-9-6-10-24(17-22)35-2)26(31-20)23-13-15-32(16-14-23)28(34)30-18-21-7-4-3-5-8-21/h3-12,17,23H,13-16,18-19H2,1-2H3,(H,29,33)(H,30,34). The summed E-state index contributed by atoms with van der Waals surface area (Å²) < 4.78 is 5.27. The summed E-state index contributed by atoms with van der Waals surface area (Å²) in [6, 6.07) is 21.2. The molecule has 7 nitrogen and oxygen atoms in total. The molecular weight excluding hydrogens is 440 g/mol. The summed E-state index contributed by atoms with van der Waals surface area (Å²) in [6.45, 7) is 4.12. The van der Waals surface area contributed by atoms with Crippen LogP contribution in [-0.4, -0.2) is 42.0 Å². The molecule has 182 valence electrons. The van der Waals surface area contributed by atoms with Crippen LogP contribution < -0.4 is 15.4 Å². The zero-order valence-electron chi connectivity index (χ0n) is 20.3. The van der Waals surface area contributed by atoms with E-state index in [0.29, 0.717) is 31.7 Å². The molecule has 1 fully saturated rings. The number of amides is 3. The molecule has 0 aliphatic carbocycles. The van der Waals surface area contributed by atoms with Crippen LogP contribution in [-0.2, 0) is 13.1 Å². The first-order valence-electron chi connectivity index (χ1n) is 12.0. The third kappa shape index (κ3) is 6.38. The molecule has 3 aromatic rings. The predicted octanol–water partition coefficient (Wildman–Crippen LogP) is 4.42. The van der Waals surface area contributed by atoms with Crippen molar-refractivity contribution < 1.29 is 14.3 Å². The highest BCUT2D eigenvalue weighted by Gasteiger charge is 2.28. The Morgan fingerprint density at radius 3 is 2.40 bits per heavy atom. The van der Waals surface area contributed by atoms with E-state index in [1.54, 1.807) is 7.11 Å². The fraction of sp³-hybridized carbons (Fsp3) is 0.321. The summed E-state index contributed by atoms with van der Waals surface area (Å²) >= 11 is 0. The third-order valence-corrected chi connectivity index (χ3v) is 6.35. The van der Waals surface area contributed by atoms with Crippen LogP contribution in [0.3, 0.4) is 0 Å². The Hall–Kier alpha value is -3.87. The van der Waals surface area contributed by atoms with Gasteiger partial charge in [0.2, 0.25) is 0 Å². The molecule has 1 saturated heterocycles. The molecule has 1 aromatic heterocycles. The summed E-state index contributed by atoms with van der Waals surface area (Å²) in [6.07, 6.45) is 1.54. The molecule has 1 aliphatic rings. The quantitative estimate of drug-likeness (QED) is 0.533. The largest absolute Gasteiger partial charge is 0.497 e. The number of aromatic nitrogens is 1. The van der Waals surface area contributed by atoms with E-state index < -0.39 is 0 Å². The van der Waals surface area contributed by atoms with Gasteiger partial charge in [0.25, 0.3) is 5.91 Å². The van der Waals surface area contributed by atoms with E-state index in [1.807, 2.05) is 78.6 Å². The number of aryl methyl sites for hydroxylation is 1. The van der Waals surface area contributed by atoms with Gasteiger partial charge in [0, 0.05) is 37.8 Å². The van der Waals surface area contributed by atoms with Crippen molar-refractivity contribution in [3.05, 3.63) is 94.8 Å². The highest BCUT2D eigenvalue weighted by atomic mass is 16.5. The number of piperidine rings is 1. The topological polar surface area (TPSA) is 83.6 Å². The minimum Gasteiger partial charge on any atom is -0.497 e. The number of pyridine rings is 1. The first-order valence-corrected chi connectivity index (χ1v) is 12.0. The smallest absolute Gasteiger partial charge is 0.317 e. The fourth-order valence-corrected chi connectivity index (χ4v) is 4.38. The third-order valence-electron chi connectivity index (χ3n) is 6.35. The van der Waals surface area contributed by atoms with Crippen molar-refractivity contribution in [2.24, 2.45) is 0 Å². The number of ether oxygens (including phenoxy) is 1. The molecule has 1 aliphatic heterocycles. The lowest BCUT2D eigenvalue weighted by atomic mass is 9.90. The minimum atomic E-state index is -0.140. The molecule has 0 saturated carbocycles. The highest BCUT2D eigenvalue weighted by Crippen LogP contribution is 2.29. The monoisotopic (exact) mass is 472 g/mol. The van der Waals surface area contributed by atoms with Gasteiger partial charge in [0.15, 0.2) is 0 Å². The summed E-state index contributed by atoms with van der Waals surface area (Å²) in [7, 11) is 1.63. The number of carbonyl (C=O) groups excluding carboxylic acids is 2. The average Bonchev–Trinajstić information content (AvgIpc) is 2.91. The van der Waals surface area contributed by atoms with E-state index in [-0.39, 0.29) is 17.9 Å². The predicted molar refractivity (Wildman–Crippen MR) is 135 cm³/mol. The molecule has 2 heterocycles. The average molecular weight is 473 g/mol. The number of nitrogens with zero attached hydrogens (tertiary/aromatic N) is 2. The van der Waals surface area contributed by atoms with Crippen LogP contribution in [0.2, 0.25) is 0 Å². The van der Waals surface area contributed by atoms with Crippen molar-refractivity contribution >= 4 is 11.9 Å². The van der Waals surface area contributed by atoms with Crippen molar-refractivity contribution in [1.82, 2.24) is 20.5 Å². The van der Waals surface area contributed by atoms with Crippen molar-refractivity contribution in [2.75, 3.05) is 20.2 Å². The minimum absolute atomic E-state index is 0.0549.